The second-order valence-corrected chi connectivity index (χ2v) is 6.78. The van der Waals surface area contributed by atoms with Crippen molar-refractivity contribution in [3.05, 3.63) is 74.9 Å². The van der Waals surface area contributed by atoms with Crippen molar-refractivity contribution in [2.45, 2.75) is 19.0 Å². The van der Waals surface area contributed by atoms with E-state index in [1.54, 1.807) is 24.3 Å². The van der Waals surface area contributed by atoms with E-state index in [-0.39, 0.29) is 17.5 Å². The van der Waals surface area contributed by atoms with E-state index in [0.717, 1.165) is 0 Å². The Morgan fingerprint density at radius 2 is 1.81 bits per heavy atom. The first-order valence-corrected chi connectivity index (χ1v) is 8.56. The molecule has 8 heteroatoms. The molecular formula is C19H12Cl2F3NO2. The fourth-order valence-corrected chi connectivity index (χ4v) is 3.32. The molecule has 0 atom stereocenters. The molecule has 27 heavy (non-hydrogen) atoms. The number of alkyl halides is 3. The Labute approximate surface area is 162 Å². The van der Waals surface area contributed by atoms with Crippen LogP contribution in [0.5, 0.6) is 0 Å². The summed E-state index contributed by atoms with van der Waals surface area (Å²) in [5.41, 5.74) is 0.0223. The van der Waals surface area contributed by atoms with Gasteiger partial charge in [-0.2, -0.15) is 13.2 Å². The number of carbonyl (C=O) groups is 1. The van der Waals surface area contributed by atoms with Gasteiger partial charge in [0.1, 0.15) is 0 Å². The van der Waals surface area contributed by atoms with Crippen molar-refractivity contribution in [2.24, 2.45) is 0 Å². The van der Waals surface area contributed by atoms with Gasteiger partial charge in [0.05, 0.1) is 23.2 Å². The third-order valence-electron chi connectivity index (χ3n) is 4.04. The molecule has 0 aliphatic carbocycles. The third kappa shape index (κ3) is 4.34. The molecule has 1 N–H and O–H groups in total. The highest BCUT2D eigenvalue weighted by molar-refractivity contribution is 6.31. The van der Waals surface area contributed by atoms with Gasteiger partial charge in [-0.05, 0) is 35.4 Å². The fourth-order valence-electron chi connectivity index (χ4n) is 2.94. The molecule has 1 aromatic heterocycles. The summed E-state index contributed by atoms with van der Waals surface area (Å²) < 4.78 is 39.0. The molecule has 0 fully saturated rings. The number of aromatic nitrogens is 1. The largest absolute Gasteiger partial charge is 0.478 e. The van der Waals surface area contributed by atoms with Crippen molar-refractivity contribution in [1.29, 1.82) is 0 Å². The van der Waals surface area contributed by atoms with Gasteiger partial charge in [0.15, 0.2) is 0 Å². The highest BCUT2D eigenvalue weighted by Crippen LogP contribution is 2.32. The predicted molar refractivity (Wildman–Crippen MR) is 97.7 cm³/mol. The average Bonchev–Trinajstić information content (AvgIpc) is 2.55. The fraction of sp³-hybridized carbons (Fsp3) is 0.158. The molecule has 0 spiro atoms. The van der Waals surface area contributed by atoms with Gasteiger partial charge in [0.2, 0.25) is 0 Å². The SMILES string of the molecule is O=C(O)c1c(CC(F)(F)F)nc2ccc(Cl)cc2c1Cc1ccccc1Cl. The van der Waals surface area contributed by atoms with Crippen LogP contribution in [0.1, 0.15) is 27.2 Å². The predicted octanol–water partition coefficient (Wildman–Crippen LogP) is 5.94. The van der Waals surface area contributed by atoms with Crippen molar-refractivity contribution in [1.82, 2.24) is 4.98 Å². The zero-order valence-corrected chi connectivity index (χ0v) is 15.2. The van der Waals surface area contributed by atoms with Crippen LogP contribution in [0.3, 0.4) is 0 Å². The Morgan fingerprint density at radius 3 is 2.44 bits per heavy atom. The number of fused-ring (bicyclic) bond motifs is 1. The molecular weight excluding hydrogens is 402 g/mol. The Morgan fingerprint density at radius 1 is 1.11 bits per heavy atom. The number of nitrogens with zero attached hydrogens (tertiary/aromatic N) is 1. The van der Waals surface area contributed by atoms with E-state index in [4.69, 9.17) is 23.2 Å². The lowest BCUT2D eigenvalue weighted by Crippen LogP contribution is -2.18. The Balaban J connectivity index is 2.32. The average molecular weight is 414 g/mol. The number of hydrogen-bond acceptors (Lipinski definition) is 2. The molecule has 0 saturated carbocycles. The van der Waals surface area contributed by atoms with Crippen molar-refractivity contribution >= 4 is 40.1 Å². The summed E-state index contributed by atoms with van der Waals surface area (Å²) in [6, 6.07) is 11.2. The monoisotopic (exact) mass is 413 g/mol. The normalized spacial score (nSPS) is 11.7. The molecule has 3 nitrogen and oxygen atoms in total. The number of rotatable bonds is 4. The van der Waals surface area contributed by atoms with Gasteiger partial charge in [-0.1, -0.05) is 41.4 Å². The molecule has 0 aliphatic rings. The summed E-state index contributed by atoms with van der Waals surface area (Å²) >= 11 is 12.2. The number of benzene rings is 2. The molecule has 0 bridgehead atoms. The van der Waals surface area contributed by atoms with E-state index in [2.05, 4.69) is 4.98 Å². The van der Waals surface area contributed by atoms with E-state index in [9.17, 15) is 23.1 Å². The zero-order chi connectivity index (χ0) is 19.8. The lowest BCUT2D eigenvalue weighted by Gasteiger charge is -2.16. The molecule has 0 aliphatic heterocycles. The topological polar surface area (TPSA) is 50.2 Å². The van der Waals surface area contributed by atoms with E-state index in [0.29, 0.717) is 21.0 Å². The van der Waals surface area contributed by atoms with Gasteiger partial charge >= 0.3 is 12.1 Å². The first-order chi connectivity index (χ1) is 12.7. The van der Waals surface area contributed by atoms with Crippen LogP contribution in [-0.2, 0) is 12.8 Å². The second-order valence-electron chi connectivity index (χ2n) is 5.94. The maximum atomic E-state index is 13.0. The lowest BCUT2D eigenvalue weighted by atomic mass is 9.93. The van der Waals surface area contributed by atoms with Crippen LogP contribution >= 0.6 is 23.2 Å². The molecule has 1 heterocycles. The minimum atomic E-state index is -4.60. The van der Waals surface area contributed by atoms with Crippen LogP contribution in [-0.4, -0.2) is 22.2 Å². The van der Waals surface area contributed by atoms with E-state index < -0.39 is 29.8 Å². The van der Waals surface area contributed by atoms with Crippen molar-refractivity contribution in [3.63, 3.8) is 0 Å². The molecule has 140 valence electrons. The number of carboxylic acid groups (broad SMARTS) is 1. The molecule has 3 rings (SSSR count). The number of carboxylic acids is 1. The third-order valence-corrected chi connectivity index (χ3v) is 4.64. The molecule has 0 amide bonds. The summed E-state index contributed by atoms with van der Waals surface area (Å²) in [5, 5.41) is 10.7. The number of hydrogen-bond donors (Lipinski definition) is 1. The maximum Gasteiger partial charge on any atom is 0.394 e. The summed E-state index contributed by atoms with van der Waals surface area (Å²) in [7, 11) is 0. The van der Waals surface area contributed by atoms with Crippen LogP contribution in [0.15, 0.2) is 42.5 Å². The first-order valence-electron chi connectivity index (χ1n) is 7.80. The quantitative estimate of drug-likeness (QED) is 0.575. The highest BCUT2D eigenvalue weighted by Gasteiger charge is 2.33. The summed E-state index contributed by atoms with van der Waals surface area (Å²) in [5.74, 6) is -1.48. The van der Waals surface area contributed by atoms with Crippen LogP contribution in [0.2, 0.25) is 10.0 Å². The van der Waals surface area contributed by atoms with Gasteiger partial charge in [0.25, 0.3) is 0 Å². The van der Waals surface area contributed by atoms with Gasteiger partial charge in [-0.15, -0.1) is 0 Å². The zero-order valence-electron chi connectivity index (χ0n) is 13.6. The maximum absolute atomic E-state index is 13.0. The standard InChI is InChI=1S/C19H12Cl2F3NO2/c20-11-5-6-15-12(8-11)13(7-10-3-1-2-4-14(10)21)17(18(26)27)16(25-15)9-19(22,23)24/h1-6,8H,7,9H2,(H,26,27). The van der Waals surface area contributed by atoms with Gasteiger partial charge in [-0.3, -0.25) is 4.98 Å². The minimum absolute atomic E-state index is 0.0333. The van der Waals surface area contributed by atoms with Gasteiger partial charge in [0, 0.05) is 21.9 Å². The van der Waals surface area contributed by atoms with Gasteiger partial charge < -0.3 is 5.11 Å². The van der Waals surface area contributed by atoms with Gasteiger partial charge in [-0.25, -0.2) is 4.79 Å². The van der Waals surface area contributed by atoms with E-state index >= 15 is 0 Å². The molecule has 0 radical (unpaired) electrons. The highest BCUT2D eigenvalue weighted by atomic mass is 35.5. The smallest absolute Gasteiger partial charge is 0.394 e. The van der Waals surface area contributed by atoms with Crippen molar-refractivity contribution < 1.29 is 23.1 Å². The number of aromatic carboxylic acids is 1. The Bertz CT molecular complexity index is 1040. The Kier molecular flexibility index (Phi) is 5.31. The lowest BCUT2D eigenvalue weighted by molar-refractivity contribution is -0.127. The van der Waals surface area contributed by atoms with Crippen LogP contribution in [0.25, 0.3) is 10.9 Å². The Hall–Kier alpha value is -2.31. The molecule has 2 aromatic carbocycles. The minimum Gasteiger partial charge on any atom is -0.478 e. The summed E-state index contributed by atoms with van der Waals surface area (Å²) in [6.07, 6.45) is -6.01. The molecule has 3 aromatic rings. The summed E-state index contributed by atoms with van der Waals surface area (Å²) in [4.78, 5) is 15.8. The molecule has 0 unspecified atom stereocenters. The first kappa shape index (κ1) is 19.5. The van der Waals surface area contributed by atoms with Crippen molar-refractivity contribution in [3.8, 4) is 0 Å². The van der Waals surface area contributed by atoms with Crippen molar-refractivity contribution in [2.75, 3.05) is 0 Å². The summed E-state index contributed by atoms with van der Waals surface area (Å²) in [6.45, 7) is 0. The van der Waals surface area contributed by atoms with E-state index in [1.165, 1.54) is 18.2 Å². The van der Waals surface area contributed by atoms with Crippen LogP contribution in [0.4, 0.5) is 13.2 Å². The van der Waals surface area contributed by atoms with Crippen LogP contribution < -0.4 is 0 Å². The second kappa shape index (κ2) is 7.37. The van der Waals surface area contributed by atoms with E-state index in [1.807, 2.05) is 0 Å². The number of pyridine rings is 1. The molecule has 0 saturated heterocycles. The van der Waals surface area contributed by atoms with Crippen LogP contribution in [0, 0.1) is 0 Å². The number of halogens is 5.